The molecule has 0 fully saturated rings. The third-order valence-electron chi connectivity index (χ3n) is 6.04. The second-order valence-electron chi connectivity index (χ2n) is 8.15. The van der Waals surface area contributed by atoms with Crippen LogP contribution in [0.1, 0.15) is 41.6 Å². The van der Waals surface area contributed by atoms with E-state index in [9.17, 15) is 4.79 Å². The molecule has 0 spiro atoms. The van der Waals surface area contributed by atoms with Crippen molar-refractivity contribution in [2.75, 3.05) is 13.1 Å². The summed E-state index contributed by atoms with van der Waals surface area (Å²) in [6.45, 7) is 5.96. The van der Waals surface area contributed by atoms with E-state index in [-0.39, 0.29) is 5.78 Å². The Bertz CT molecular complexity index is 1250. The van der Waals surface area contributed by atoms with Gasteiger partial charge in [0.25, 0.3) is 0 Å². The predicted molar refractivity (Wildman–Crippen MR) is 127 cm³/mol. The molecule has 0 amide bonds. The van der Waals surface area contributed by atoms with Crippen molar-refractivity contribution >= 4 is 38.7 Å². The van der Waals surface area contributed by atoms with Gasteiger partial charge >= 0.3 is 0 Å². The molecule has 4 aromatic rings. The standard InChI is InChI=1S/C24H24N4OS2/c1-15(29)11-23-26-27-24(31-23)20-4-3-17-7-9-28(10-8-19(17)12-20)16(2)18-5-6-22-21(13-18)25-14-30-22/h3-6,12-14,16H,7-11H2,1-2H3/t16-/m0/s1. The first-order chi connectivity index (χ1) is 15.1. The number of aromatic nitrogens is 3. The summed E-state index contributed by atoms with van der Waals surface area (Å²) >= 11 is 3.21. The molecular formula is C24H24N4OS2. The molecule has 0 saturated carbocycles. The van der Waals surface area contributed by atoms with Crippen molar-refractivity contribution in [3.63, 3.8) is 0 Å². The van der Waals surface area contributed by atoms with Crippen LogP contribution >= 0.6 is 22.7 Å². The van der Waals surface area contributed by atoms with Gasteiger partial charge in [-0.05, 0) is 61.6 Å². The number of fused-ring (bicyclic) bond motifs is 2. The third-order valence-corrected chi connectivity index (χ3v) is 7.82. The lowest BCUT2D eigenvalue weighted by molar-refractivity contribution is -0.116. The molecule has 3 heterocycles. The van der Waals surface area contributed by atoms with Gasteiger partial charge in [0.05, 0.1) is 22.1 Å². The molecule has 2 aromatic heterocycles. The topological polar surface area (TPSA) is 59.0 Å². The van der Waals surface area contributed by atoms with E-state index in [0.717, 1.165) is 47.0 Å². The summed E-state index contributed by atoms with van der Waals surface area (Å²) < 4.78 is 1.25. The highest BCUT2D eigenvalue weighted by Crippen LogP contribution is 2.30. The van der Waals surface area contributed by atoms with E-state index < -0.39 is 0 Å². The molecule has 7 heteroatoms. The van der Waals surface area contributed by atoms with Gasteiger partial charge < -0.3 is 0 Å². The lowest BCUT2D eigenvalue weighted by Gasteiger charge is -2.28. The maximum absolute atomic E-state index is 11.4. The minimum absolute atomic E-state index is 0.118. The summed E-state index contributed by atoms with van der Waals surface area (Å²) in [6, 6.07) is 13.7. The number of benzene rings is 2. The number of Topliss-reactive ketones (excluding diaryl/α,β-unsaturated/α-hetero) is 1. The van der Waals surface area contributed by atoms with Crippen LogP contribution in [-0.4, -0.2) is 39.0 Å². The largest absolute Gasteiger partial charge is 0.300 e. The third kappa shape index (κ3) is 4.31. The highest BCUT2D eigenvalue weighted by Gasteiger charge is 2.21. The molecule has 1 atom stereocenters. The number of hydrogen-bond donors (Lipinski definition) is 0. The van der Waals surface area contributed by atoms with Gasteiger partial charge in [0.1, 0.15) is 15.8 Å². The monoisotopic (exact) mass is 448 g/mol. The SMILES string of the molecule is CC(=O)Cc1nnc(-c2ccc3c(c2)CCN([C@@H](C)c2ccc4scnc4c2)CC3)s1. The van der Waals surface area contributed by atoms with Gasteiger partial charge in [0, 0.05) is 24.7 Å². The Morgan fingerprint density at radius 3 is 2.77 bits per heavy atom. The summed E-state index contributed by atoms with van der Waals surface area (Å²) in [4.78, 5) is 18.4. The van der Waals surface area contributed by atoms with Gasteiger partial charge in [0.2, 0.25) is 0 Å². The molecule has 1 aliphatic heterocycles. The zero-order chi connectivity index (χ0) is 21.4. The quantitative estimate of drug-likeness (QED) is 0.425. The Labute approximate surface area is 189 Å². The highest BCUT2D eigenvalue weighted by molar-refractivity contribution is 7.16. The lowest BCUT2D eigenvalue weighted by Crippen LogP contribution is -2.29. The fourth-order valence-corrected chi connectivity index (χ4v) is 5.83. The first-order valence-corrected chi connectivity index (χ1v) is 12.3. The van der Waals surface area contributed by atoms with Crippen molar-refractivity contribution in [3.05, 3.63) is 63.6 Å². The normalized spacial score (nSPS) is 15.5. The van der Waals surface area contributed by atoms with Crippen molar-refractivity contribution < 1.29 is 4.79 Å². The fourth-order valence-electron chi connectivity index (χ4n) is 4.26. The summed E-state index contributed by atoms with van der Waals surface area (Å²) in [6.07, 6.45) is 2.43. The number of carbonyl (C=O) groups is 1. The number of nitrogens with zero attached hydrogens (tertiary/aromatic N) is 4. The van der Waals surface area contributed by atoms with Crippen LogP contribution in [-0.2, 0) is 24.1 Å². The first kappa shape index (κ1) is 20.4. The van der Waals surface area contributed by atoms with E-state index in [4.69, 9.17) is 0 Å². The molecule has 0 N–H and O–H groups in total. The number of hydrogen-bond acceptors (Lipinski definition) is 7. The Morgan fingerprint density at radius 2 is 1.94 bits per heavy atom. The molecule has 0 saturated heterocycles. The van der Waals surface area contributed by atoms with Crippen molar-refractivity contribution in [1.82, 2.24) is 20.1 Å². The van der Waals surface area contributed by atoms with Gasteiger partial charge in [-0.15, -0.1) is 21.5 Å². The zero-order valence-electron chi connectivity index (χ0n) is 17.7. The molecule has 0 aliphatic carbocycles. The Morgan fingerprint density at radius 1 is 1.10 bits per heavy atom. The Hall–Kier alpha value is -2.48. The molecule has 1 aliphatic rings. The van der Waals surface area contributed by atoms with Crippen molar-refractivity contribution in [1.29, 1.82) is 0 Å². The fraction of sp³-hybridized carbons (Fsp3) is 0.333. The average Bonchev–Trinajstić information content (AvgIpc) is 3.37. The average molecular weight is 449 g/mol. The van der Waals surface area contributed by atoms with E-state index in [2.05, 4.69) is 63.4 Å². The van der Waals surface area contributed by atoms with E-state index >= 15 is 0 Å². The van der Waals surface area contributed by atoms with Gasteiger partial charge in [-0.1, -0.05) is 29.5 Å². The molecule has 0 radical (unpaired) electrons. The number of carbonyl (C=O) groups excluding carboxylic acids is 1. The molecule has 31 heavy (non-hydrogen) atoms. The summed E-state index contributed by atoms with van der Waals surface area (Å²) in [5.74, 6) is 0.118. The molecule has 0 bridgehead atoms. The predicted octanol–water partition coefficient (Wildman–Crippen LogP) is 5.11. The maximum atomic E-state index is 11.4. The van der Waals surface area contributed by atoms with E-state index in [1.165, 1.54) is 32.7 Å². The Balaban J connectivity index is 1.33. The minimum atomic E-state index is 0.118. The summed E-state index contributed by atoms with van der Waals surface area (Å²) in [5.41, 5.74) is 8.25. The van der Waals surface area contributed by atoms with Gasteiger partial charge in [-0.25, -0.2) is 4.98 Å². The molecule has 0 unspecified atom stereocenters. The van der Waals surface area contributed by atoms with Gasteiger partial charge in [-0.3, -0.25) is 9.69 Å². The van der Waals surface area contributed by atoms with E-state index in [1.807, 2.05) is 5.51 Å². The summed E-state index contributed by atoms with van der Waals surface area (Å²) in [7, 11) is 0. The van der Waals surface area contributed by atoms with Crippen LogP contribution < -0.4 is 0 Å². The number of ketones is 1. The summed E-state index contributed by atoms with van der Waals surface area (Å²) in [5, 5.41) is 10.2. The number of thiazole rings is 1. The molecule has 5 rings (SSSR count). The first-order valence-electron chi connectivity index (χ1n) is 10.6. The molecule has 5 nitrogen and oxygen atoms in total. The number of rotatable bonds is 5. The van der Waals surface area contributed by atoms with Gasteiger partial charge in [0.15, 0.2) is 0 Å². The minimum Gasteiger partial charge on any atom is -0.300 e. The van der Waals surface area contributed by atoms with Crippen molar-refractivity contribution in [2.45, 2.75) is 39.2 Å². The van der Waals surface area contributed by atoms with Crippen LogP contribution in [0.5, 0.6) is 0 Å². The van der Waals surface area contributed by atoms with Crippen LogP contribution in [0.15, 0.2) is 41.9 Å². The zero-order valence-corrected chi connectivity index (χ0v) is 19.3. The molecule has 2 aromatic carbocycles. The Kier molecular flexibility index (Phi) is 5.65. The van der Waals surface area contributed by atoms with Gasteiger partial charge in [-0.2, -0.15) is 0 Å². The second kappa shape index (κ2) is 8.57. The second-order valence-corrected chi connectivity index (χ2v) is 10.1. The van der Waals surface area contributed by atoms with Crippen LogP contribution in [0, 0.1) is 0 Å². The molecule has 158 valence electrons. The van der Waals surface area contributed by atoms with Crippen molar-refractivity contribution in [3.8, 4) is 10.6 Å². The van der Waals surface area contributed by atoms with E-state index in [1.54, 1.807) is 18.3 Å². The van der Waals surface area contributed by atoms with Crippen molar-refractivity contribution in [2.24, 2.45) is 0 Å². The van der Waals surface area contributed by atoms with Crippen LogP contribution in [0.2, 0.25) is 0 Å². The highest BCUT2D eigenvalue weighted by atomic mass is 32.1. The van der Waals surface area contributed by atoms with Crippen LogP contribution in [0.4, 0.5) is 0 Å². The van der Waals surface area contributed by atoms with Crippen LogP contribution in [0.25, 0.3) is 20.8 Å². The maximum Gasteiger partial charge on any atom is 0.147 e. The smallest absolute Gasteiger partial charge is 0.147 e. The lowest BCUT2D eigenvalue weighted by atomic mass is 10.0. The van der Waals surface area contributed by atoms with Crippen LogP contribution in [0.3, 0.4) is 0 Å². The molecular weight excluding hydrogens is 424 g/mol. The van der Waals surface area contributed by atoms with E-state index in [0.29, 0.717) is 12.5 Å².